The van der Waals surface area contributed by atoms with Crippen molar-refractivity contribution in [2.24, 2.45) is 0 Å². The first-order valence-electron chi connectivity index (χ1n) is 22.0. The number of unbranched alkanes of at least 4 members (excludes halogenated alkanes) is 18. The van der Waals surface area contributed by atoms with E-state index in [-0.39, 0.29) is 0 Å². The molecule has 0 N–H and O–H groups in total. The molecule has 4 aromatic carbocycles. The predicted molar refractivity (Wildman–Crippen MR) is 235 cm³/mol. The normalized spacial score (nSPS) is 11.5. The second-order valence-corrected chi connectivity index (χ2v) is 15.8. The van der Waals surface area contributed by atoms with E-state index in [1.54, 1.807) is 0 Å². The van der Waals surface area contributed by atoms with Gasteiger partial charge in [-0.3, -0.25) is 0 Å². The van der Waals surface area contributed by atoms with Crippen molar-refractivity contribution in [2.45, 2.75) is 181 Å². The Morgan fingerprint density at radius 1 is 0.385 bits per heavy atom. The second kappa shape index (κ2) is 25.0. The Morgan fingerprint density at radius 3 is 1.15 bits per heavy atom. The zero-order chi connectivity index (χ0) is 36.6. The van der Waals surface area contributed by atoms with Crippen LogP contribution in [0.5, 0.6) is 0 Å². The average molecular weight is 699 g/mol. The van der Waals surface area contributed by atoms with Crippen molar-refractivity contribution in [3.05, 3.63) is 108 Å². The van der Waals surface area contributed by atoms with Crippen molar-refractivity contribution >= 4 is 21.5 Å². The molecule has 0 aromatic heterocycles. The summed E-state index contributed by atoms with van der Waals surface area (Å²) in [6.07, 6.45) is 37.5. The molecule has 282 valence electrons. The maximum atomic E-state index is 3.94. The van der Waals surface area contributed by atoms with Crippen LogP contribution in [-0.4, -0.2) is 0 Å². The maximum absolute atomic E-state index is 3.94. The van der Waals surface area contributed by atoms with E-state index in [2.05, 4.69) is 99.8 Å². The lowest BCUT2D eigenvalue weighted by Crippen LogP contribution is -1.99. The monoisotopic (exact) mass is 699 g/mol. The predicted octanol–water partition coefficient (Wildman–Crippen LogP) is 16.8. The first-order valence-corrected chi connectivity index (χ1v) is 22.0. The fraction of sp³-hybridized carbons (Fsp3) is 0.538. The zero-order valence-electron chi connectivity index (χ0n) is 33.7. The second-order valence-electron chi connectivity index (χ2n) is 15.8. The van der Waals surface area contributed by atoms with Crippen LogP contribution in [0.15, 0.2) is 86.0 Å². The summed E-state index contributed by atoms with van der Waals surface area (Å²) >= 11 is 0. The number of allylic oxidation sites excluding steroid dienone is 2. The number of rotatable bonds is 29. The molecule has 4 rings (SSSR count). The molecule has 0 aliphatic rings. The Morgan fingerprint density at radius 2 is 0.750 bits per heavy atom. The van der Waals surface area contributed by atoms with Gasteiger partial charge in [0.05, 0.1) is 0 Å². The summed E-state index contributed by atoms with van der Waals surface area (Å²) in [4.78, 5) is 0. The lowest BCUT2D eigenvalue weighted by atomic mass is 9.83. The molecule has 0 aliphatic heterocycles. The first-order chi connectivity index (χ1) is 25.7. The number of hydrogen-bond donors (Lipinski definition) is 0. The van der Waals surface area contributed by atoms with Crippen molar-refractivity contribution in [3.63, 3.8) is 0 Å². The van der Waals surface area contributed by atoms with Crippen LogP contribution in [0.3, 0.4) is 0 Å². The van der Waals surface area contributed by atoms with Crippen LogP contribution >= 0.6 is 0 Å². The van der Waals surface area contributed by atoms with E-state index >= 15 is 0 Å². The molecule has 0 heterocycles. The Hall–Kier alpha value is -3.12. The lowest BCUT2D eigenvalue weighted by molar-refractivity contribution is 0.607. The van der Waals surface area contributed by atoms with Crippen LogP contribution in [0, 0.1) is 0 Å². The highest BCUT2D eigenvalue weighted by Gasteiger charge is 2.18. The number of aryl methyl sites for hydroxylation is 4. The minimum atomic E-state index is 1.14. The summed E-state index contributed by atoms with van der Waals surface area (Å²) in [5.41, 5.74) is 9.12. The van der Waals surface area contributed by atoms with Crippen LogP contribution in [0.4, 0.5) is 0 Å². The molecule has 0 spiro atoms. The van der Waals surface area contributed by atoms with Crippen LogP contribution in [-0.2, 0) is 25.7 Å². The van der Waals surface area contributed by atoms with E-state index in [4.69, 9.17) is 0 Å². The minimum absolute atomic E-state index is 1.14. The Labute approximate surface area is 320 Å². The zero-order valence-corrected chi connectivity index (χ0v) is 33.7. The van der Waals surface area contributed by atoms with Gasteiger partial charge in [0.1, 0.15) is 0 Å². The van der Waals surface area contributed by atoms with Gasteiger partial charge in [-0.15, -0.1) is 13.2 Å². The van der Waals surface area contributed by atoms with Crippen molar-refractivity contribution in [1.82, 2.24) is 0 Å². The van der Waals surface area contributed by atoms with Crippen molar-refractivity contribution in [3.8, 4) is 11.1 Å². The van der Waals surface area contributed by atoms with Crippen LogP contribution < -0.4 is 0 Å². The molecular weight excluding hydrogens is 625 g/mol. The van der Waals surface area contributed by atoms with Gasteiger partial charge in [0.25, 0.3) is 0 Å². The van der Waals surface area contributed by atoms with Gasteiger partial charge in [-0.25, -0.2) is 0 Å². The molecule has 0 saturated carbocycles. The third kappa shape index (κ3) is 13.7. The molecule has 4 aromatic rings. The Bertz CT molecular complexity index is 1480. The third-order valence-corrected chi connectivity index (χ3v) is 11.4. The standard InChI is InChI=1S/C52H74/c1-5-9-13-17-21-25-29-43-33-39-49-47(41-43)37-35-45(31-27-23-19-15-11-7-3)51(49)52-46(32-28-24-20-16-12-8-4)36-38-48-42-44(34-40-50(48)52)30-26-22-18-14-10-6-2/h7-8,33-42H,3-6,9-32H2,1-2H3. The lowest BCUT2D eigenvalue weighted by Gasteiger charge is -2.21. The number of fused-ring (bicyclic) bond motifs is 2. The molecule has 0 heteroatoms. The molecule has 0 saturated heterocycles. The number of benzene rings is 4. The minimum Gasteiger partial charge on any atom is -0.103 e. The summed E-state index contributed by atoms with van der Waals surface area (Å²) in [6, 6.07) is 24.8. The molecule has 0 fully saturated rings. The van der Waals surface area contributed by atoms with Gasteiger partial charge in [-0.2, -0.15) is 0 Å². The van der Waals surface area contributed by atoms with Crippen LogP contribution in [0.1, 0.15) is 177 Å². The quantitative estimate of drug-likeness (QED) is 0.0391. The van der Waals surface area contributed by atoms with Gasteiger partial charge in [-0.1, -0.05) is 177 Å². The fourth-order valence-electron chi connectivity index (χ4n) is 8.30. The first kappa shape index (κ1) is 41.6. The van der Waals surface area contributed by atoms with Crippen LogP contribution in [0.2, 0.25) is 0 Å². The van der Waals surface area contributed by atoms with E-state index in [0.717, 1.165) is 25.7 Å². The Balaban J connectivity index is 1.71. The number of hydrogen-bond acceptors (Lipinski definition) is 0. The largest absolute Gasteiger partial charge is 0.103 e. The van der Waals surface area contributed by atoms with Gasteiger partial charge in [-0.05, 0) is 132 Å². The molecule has 0 unspecified atom stereocenters. The van der Waals surface area contributed by atoms with Crippen LogP contribution in [0.25, 0.3) is 32.7 Å². The summed E-state index contributed by atoms with van der Waals surface area (Å²) < 4.78 is 0. The molecular formula is C52H74. The molecule has 0 radical (unpaired) electrons. The third-order valence-electron chi connectivity index (χ3n) is 11.4. The van der Waals surface area contributed by atoms with Gasteiger partial charge >= 0.3 is 0 Å². The average Bonchev–Trinajstić information content (AvgIpc) is 3.17. The summed E-state index contributed by atoms with van der Waals surface area (Å²) in [5.74, 6) is 0. The van der Waals surface area contributed by atoms with E-state index in [1.807, 2.05) is 0 Å². The van der Waals surface area contributed by atoms with Gasteiger partial charge in [0, 0.05) is 0 Å². The SMILES string of the molecule is C=CCCCCCCc1ccc2cc(CCCCCCCC)ccc2c1-c1c(CCCCCCC=C)ccc2cc(CCCCCCCC)ccc12. The van der Waals surface area contributed by atoms with Crippen molar-refractivity contribution in [1.29, 1.82) is 0 Å². The van der Waals surface area contributed by atoms with Crippen molar-refractivity contribution < 1.29 is 0 Å². The van der Waals surface area contributed by atoms with E-state index in [1.165, 1.54) is 196 Å². The highest BCUT2D eigenvalue weighted by atomic mass is 14.2. The summed E-state index contributed by atoms with van der Waals surface area (Å²) in [7, 11) is 0. The molecule has 0 aliphatic carbocycles. The van der Waals surface area contributed by atoms with Gasteiger partial charge in [0.15, 0.2) is 0 Å². The van der Waals surface area contributed by atoms with Crippen molar-refractivity contribution in [2.75, 3.05) is 0 Å². The summed E-state index contributed by atoms with van der Waals surface area (Å²) in [6.45, 7) is 12.5. The topological polar surface area (TPSA) is 0 Å². The van der Waals surface area contributed by atoms with Gasteiger partial charge in [0.2, 0.25) is 0 Å². The Kier molecular flexibility index (Phi) is 20.0. The molecule has 52 heavy (non-hydrogen) atoms. The van der Waals surface area contributed by atoms with E-state index in [9.17, 15) is 0 Å². The highest BCUT2D eigenvalue weighted by Crippen LogP contribution is 2.41. The fourth-order valence-corrected chi connectivity index (χ4v) is 8.30. The molecule has 0 bridgehead atoms. The molecule has 0 amide bonds. The summed E-state index contributed by atoms with van der Waals surface area (Å²) in [5, 5.41) is 5.74. The van der Waals surface area contributed by atoms with E-state index < -0.39 is 0 Å². The smallest absolute Gasteiger partial charge is 0.00643 e. The van der Waals surface area contributed by atoms with Gasteiger partial charge < -0.3 is 0 Å². The van der Waals surface area contributed by atoms with E-state index in [0.29, 0.717) is 0 Å². The highest BCUT2D eigenvalue weighted by molar-refractivity contribution is 6.08. The molecule has 0 atom stereocenters. The molecule has 0 nitrogen and oxygen atoms in total. The maximum Gasteiger partial charge on any atom is -0.00643 e.